The van der Waals surface area contributed by atoms with Crippen LogP contribution in [0.3, 0.4) is 0 Å². The molecule has 0 radical (unpaired) electrons. The molecular formula is C18H29NO. The van der Waals surface area contributed by atoms with Crippen LogP contribution in [0, 0.1) is 17.3 Å². The number of aliphatic hydroxyl groups excluding tert-OH is 1. The SMILES string of the molecule is CC1CCCC(n2ccc3c2CC(C)(C)CC3O)C1C. The predicted octanol–water partition coefficient (Wildman–Crippen LogP) is 4.49. The van der Waals surface area contributed by atoms with E-state index in [1.54, 1.807) is 0 Å². The number of hydrogen-bond acceptors (Lipinski definition) is 1. The fraction of sp³-hybridized carbons (Fsp3) is 0.778. The molecule has 3 rings (SSSR count). The molecule has 1 N–H and O–H groups in total. The van der Waals surface area contributed by atoms with Crippen LogP contribution in [0.4, 0.5) is 0 Å². The minimum atomic E-state index is -0.272. The highest BCUT2D eigenvalue weighted by Gasteiger charge is 2.36. The first-order chi connectivity index (χ1) is 9.39. The van der Waals surface area contributed by atoms with E-state index in [0.717, 1.165) is 24.7 Å². The molecule has 2 aliphatic carbocycles. The topological polar surface area (TPSA) is 25.2 Å². The molecule has 0 spiro atoms. The highest BCUT2D eigenvalue weighted by Crippen LogP contribution is 2.45. The van der Waals surface area contributed by atoms with Crippen molar-refractivity contribution in [3.8, 4) is 0 Å². The van der Waals surface area contributed by atoms with Gasteiger partial charge >= 0.3 is 0 Å². The van der Waals surface area contributed by atoms with E-state index in [2.05, 4.69) is 44.5 Å². The van der Waals surface area contributed by atoms with Crippen LogP contribution in [0.5, 0.6) is 0 Å². The van der Waals surface area contributed by atoms with Gasteiger partial charge in [0.05, 0.1) is 6.10 Å². The van der Waals surface area contributed by atoms with Crippen LogP contribution in [0.1, 0.15) is 76.8 Å². The van der Waals surface area contributed by atoms with Gasteiger partial charge in [-0.3, -0.25) is 0 Å². The quantitative estimate of drug-likeness (QED) is 0.802. The Morgan fingerprint density at radius 1 is 1.25 bits per heavy atom. The zero-order valence-corrected chi connectivity index (χ0v) is 13.4. The third kappa shape index (κ3) is 2.32. The van der Waals surface area contributed by atoms with Crippen molar-refractivity contribution in [2.24, 2.45) is 17.3 Å². The van der Waals surface area contributed by atoms with Gasteiger partial charge in [-0.05, 0) is 42.6 Å². The van der Waals surface area contributed by atoms with E-state index in [-0.39, 0.29) is 11.5 Å². The molecule has 0 saturated heterocycles. The molecule has 1 aromatic heterocycles. The second-order valence-electron chi connectivity index (χ2n) is 8.02. The summed E-state index contributed by atoms with van der Waals surface area (Å²) in [5.41, 5.74) is 2.81. The number of nitrogens with zero attached hydrogens (tertiary/aromatic N) is 1. The molecule has 0 aliphatic heterocycles. The fourth-order valence-electron chi connectivity index (χ4n) is 4.41. The van der Waals surface area contributed by atoms with Gasteiger partial charge in [0.25, 0.3) is 0 Å². The Morgan fingerprint density at radius 2 is 2.00 bits per heavy atom. The Balaban J connectivity index is 1.96. The molecule has 4 unspecified atom stereocenters. The van der Waals surface area contributed by atoms with Crippen LogP contribution < -0.4 is 0 Å². The van der Waals surface area contributed by atoms with Crippen molar-refractivity contribution in [3.05, 3.63) is 23.5 Å². The highest BCUT2D eigenvalue weighted by molar-refractivity contribution is 5.30. The van der Waals surface area contributed by atoms with Crippen molar-refractivity contribution in [2.45, 2.75) is 71.9 Å². The Kier molecular flexibility index (Phi) is 3.48. The van der Waals surface area contributed by atoms with Crippen LogP contribution in [-0.4, -0.2) is 9.67 Å². The number of aliphatic hydroxyl groups is 1. The van der Waals surface area contributed by atoms with E-state index >= 15 is 0 Å². The van der Waals surface area contributed by atoms with Gasteiger partial charge in [-0.15, -0.1) is 0 Å². The minimum absolute atomic E-state index is 0.214. The van der Waals surface area contributed by atoms with Crippen LogP contribution in [0.2, 0.25) is 0 Å². The van der Waals surface area contributed by atoms with E-state index in [1.807, 2.05) is 0 Å². The largest absolute Gasteiger partial charge is 0.388 e. The first-order valence-electron chi connectivity index (χ1n) is 8.27. The normalized spacial score (nSPS) is 36.6. The van der Waals surface area contributed by atoms with Gasteiger partial charge in [-0.25, -0.2) is 0 Å². The molecule has 1 aromatic rings. The molecule has 1 heterocycles. The molecule has 0 amide bonds. The van der Waals surface area contributed by atoms with Gasteiger partial charge < -0.3 is 9.67 Å². The lowest BCUT2D eigenvalue weighted by Gasteiger charge is -2.39. The average Bonchev–Trinajstić information content (AvgIpc) is 2.75. The maximum Gasteiger partial charge on any atom is 0.0812 e. The third-order valence-electron chi connectivity index (χ3n) is 5.83. The van der Waals surface area contributed by atoms with E-state index in [9.17, 15) is 5.11 Å². The molecular weight excluding hydrogens is 246 g/mol. The summed E-state index contributed by atoms with van der Waals surface area (Å²) in [6, 6.07) is 2.80. The Labute approximate surface area is 123 Å². The van der Waals surface area contributed by atoms with Gasteiger partial charge in [0.1, 0.15) is 0 Å². The zero-order chi connectivity index (χ0) is 14.5. The molecule has 1 fully saturated rings. The molecule has 20 heavy (non-hydrogen) atoms. The molecule has 2 aliphatic rings. The minimum Gasteiger partial charge on any atom is -0.388 e. The highest BCUT2D eigenvalue weighted by atomic mass is 16.3. The summed E-state index contributed by atoms with van der Waals surface area (Å²) in [5.74, 6) is 1.55. The summed E-state index contributed by atoms with van der Waals surface area (Å²) in [5, 5.41) is 10.4. The predicted molar refractivity (Wildman–Crippen MR) is 82.7 cm³/mol. The first-order valence-corrected chi connectivity index (χ1v) is 8.27. The number of aromatic nitrogens is 1. The smallest absolute Gasteiger partial charge is 0.0812 e. The lowest BCUT2D eigenvalue weighted by atomic mass is 9.74. The average molecular weight is 275 g/mol. The Bertz CT molecular complexity index is 488. The lowest BCUT2D eigenvalue weighted by Crippen LogP contribution is -2.31. The summed E-state index contributed by atoms with van der Waals surface area (Å²) in [4.78, 5) is 0. The van der Waals surface area contributed by atoms with Crippen molar-refractivity contribution in [1.82, 2.24) is 4.57 Å². The standard InChI is InChI=1S/C18H29NO/c1-12-6-5-7-15(13(12)2)19-9-8-14-16(19)10-18(3,4)11-17(14)20/h8-9,12-13,15,17,20H,5-7,10-11H2,1-4H3. The number of fused-ring (bicyclic) bond motifs is 1. The van der Waals surface area contributed by atoms with Gasteiger partial charge in [-0.2, -0.15) is 0 Å². The maximum atomic E-state index is 10.4. The summed E-state index contributed by atoms with van der Waals surface area (Å²) < 4.78 is 2.51. The zero-order valence-electron chi connectivity index (χ0n) is 13.4. The van der Waals surface area contributed by atoms with E-state index < -0.39 is 0 Å². The fourth-order valence-corrected chi connectivity index (χ4v) is 4.41. The Hall–Kier alpha value is -0.760. The third-order valence-corrected chi connectivity index (χ3v) is 5.83. The molecule has 0 aromatic carbocycles. The van der Waals surface area contributed by atoms with Crippen molar-refractivity contribution in [2.75, 3.05) is 0 Å². The van der Waals surface area contributed by atoms with Crippen molar-refractivity contribution in [1.29, 1.82) is 0 Å². The second-order valence-corrected chi connectivity index (χ2v) is 8.02. The molecule has 1 saturated carbocycles. The second kappa shape index (κ2) is 4.91. The van der Waals surface area contributed by atoms with Crippen molar-refractivity contribution in [3.63, 3.8) is 0 Å². The number of rotatable bonds is 1. The molecule has 0 bridgehead atoms. The van der Waals surface area contributed by atoms with Gasteiger partial charge in [0.15, 0.2) is 0 Å². The molecule has 2 nitrogen and oxygen atoms in total. The summed E-state index contributed by atoms with van der Waals surface area (Å²) >= 11 is 0. The van der Waals surface area contributed by atoms with Gasteiger partial charge in [0.2, 0.25) is 0 Å². The van der Waals surface area contributed by atoms with E-state index in [1.165, 1.54) is 30.5 Å². The maximum absolute atomic E-state index is 10.4. The van der Waals surface area contributed by atoms with Crippen LogP contribution >= 0.6 is 0 Å². The van der Waals surface area contributed by atoms with Crippen LogP contribution in [-0.2, 0) is 6.42 Å². The van der Waals surface area contributed by atoms with Crippen molar-refractivity contribution < 1.29 is 5.11 Å². The molecule has 4 atom stereocenters. The monoisotopic (exact) mass is 275 g/mol. The van der Waals surface area contributed by atoms with Gasteiger partial charge in [-0.1, -0.05) is 40.5 Å². The lowest BCUT2D eigenvalue weighted by molar-refractivity contribution is 0.0949. The van der Waals surface area contributed by atoms with Crippen molar-refractivity contribution >= 4 is 0 Å². The van der Waals surface area contributed by atoms with E-state index in [0.29, 0.717) is 6.04 Å². The van der Waals surface area contributed by atoms with Crippen LogP contribution in [0.25, 0.3) is 0 Å². The summed E-state index contributed by atoms with van der Waals surface area (Å²) in [7, 11) is 0. The van der Waals surface area contributed by atoms with E-state index in [4.69, 9.17) is 0 Å². The Morgan fingerprint density at radius 3 is 2.75 bits per heavy atom. The molecule has 112 valence electrons. The summed E-state index contributed by atoms with van der Waals surface area (Å²) in [6.45, 7) is 9.36. The summed E-state index contributed by atoms with van der Waals surface area (Å²) in [6.07, 6.45) is 7.97. The molecule has 2 heteroatoms. The first kappa shape index (κ1) is 14.2. The number of hydrogen-bond donors (Lipinski definition) is 1. The van der Waals surface area contributed by atoms with Gasteiger partial charge in [0, 0.05) is 23.5 Å². The van der Waals surface area contributed by atoms with Crippen LogP contribution in [0.15, 0.2) is 12.3 Å².